The van der Waals surface area contributed by atoms with Gasteiger partial charge in [-0.25, -0.2) is 4.98 Å². The van der Waals surface area contributed by atoms with E-state index in [4.69, 9.17) is 5.26 Å². The SMILES string of the molecule is CCC(C)(C#N)C(=O)Nc1ccc(C(F)(F)F)nc1. The van der Waals surface area contributed by atoms with Crippen molar-refractivity contribution in [2.75, 3.05) is 5.32 Å². The van der Waals surface area contributed by atoms with Crippen molar-refractivity contribution in [1.29, 1.82) is 5.26 Å². The molecule has 1 aromatic rings. The molecule has 1 heterocycles. The third kappa shape index (κ3) is 3.44. The first kappa shape index (κ1) is 15.0. The zero-order valence-electron chi connectivity index (χ0n) is 10.4. The molecule has 0 aliphatic carbocycles. The second-order valence-electron chi connectivity index (χ2n) is 4.18. The Labute approximate surface area is 108 Å². The molecule has 0 aliphatic rings. The fraction of sp³-hybridized carbons (Fsp3) is 0.417. The molecule has 7 heteroatoms. The minimum Gasteiger partial charge on any atom is -0.323 e. The van der Waals surface area contributed by atoms with Crippen molar-refractivity contribution in [2.45, 2.75) is 26.4 Å². The highest BCUT2D eigenvalue weighted by atomic mass is 19.4. The van der Waals surface area contributed by atoms with Crippen LogP contribution in [0.4, 0.5) is 18.9 Å². The van der Waals surface area contributed by atoms with Crippen molar-refractivity contribution in [3.05, 3.63) is 24.0 Å². The first-order valence-electron chi connectivity index (χ1n) is 5.49. The van der Waals surface area contributed by atoms with Crippen LogP contribution in [-0.4, -0.2) is 10.9 Å². The lowest BCUT2D eigenvalue weighted by Gasteiger charge is -2.18. The molecule has 1 unspecified atom stereocenters. The second kappa shape index (κ2) is 5.26. The number of amides is 1. The van der Waals surface area contributed by atoms with Gasteiger partial charge in [0.25, 0.3) is 0 Å². The smallest absolute Gasteiger partial charge is 0.323 e. The van der Waals surface area contributed by atoms with E-state index in [2.05, 4.69) is 10.3 Å². The molecule has 0 saturated heterocycles. The van der Waals surface area contributed by atoms with E-state index in [1.54, 1.807) is 6.92 Å². The Morgan fingerprint density at radius 2 is 2.11 bits per heavy atom. The van der Waals surface area contributed by atoms with Crippen LogP contribution in [0.15, 0.2) is 18.3 Å². The number of anilines is 1. The number of hydrogen-bond acceptors (Lipinski definition) is 3. The number of carbonyl (C=O) groups is 1. The molecule has 0 bridgehead atoms. The number of halogens is 3. The Hall–Kier alpha value is -2.10. The molecular weight excluding hydrogens is 259 g/mol. The maximum absolute atomic E-state index is 12.3. The van der Waals surface area contributed by atoms with E-state index in [0.717, 1.165) is 18.3 Å². The zero-order valence-corrected chi connectivity index (χ0v) is 10.4. The van der Waals surface area contributed by atoms with Gasteiger partial charge in [0.05, 0.1) is 18.0 Å². The van der Waals surface area contributed by atoms with E-state index in [0.29, 0.717) is 6.42 Å². The summed E-state index contributed by atoms with van der Waals surface area (Å²) in [6, 6.07) is 3.74. The maximum Gasteiger partial charge on any atom is 0.433 e. The number of rotatable bonds is 3. The number of carbonyl (C=O) groups excluding carboxylic acids is 1. The van der Waals surface area contributed by atoms with Crippen LogP contribution in [0.1, 0.15) is 26.0 Å². The Morgan fingerprint density at radius 3 is 2.47 bits per heavy atom. The number of nitriles is 1. The van der Waals surface area contributed by atoms with Crippen LogP contribution in [0.2, 0.25) is 0 Å². The quantitative estimate of drug-likeness (QED) is 0.919. The Kier molecular flexibility index (Phi) is 4.14. The second-order valence-corrected chi connectivity index (χ2v) is 4.18. The molecule has 4 nitrogen and oxygen atoms in total. The highest BCUT2D eigenvalue weighted by Gasteiger charge is 2.33. The minimum absolute atomic E-state index is 0.118. The lowest BCUT2D eigenvalue weighted by molar-refractivity contribution is -0.141. The summed E-state index contributed by atoms with van der Waals surface area (Å²) in [4.78, 5) is 15.0. The average Bonchev–Trinajstić information content (AvgIpc) is 2.37. The van der Waals surface area contributed by atoms with Crippen LogP contribution in [0.25, 0.3) is 0 Å². The number of nitrogens with zero attached hydrogens (tertiary/aromatic N) is 2. The van der Waals surface area contributed by atoms with Crippen molar-refractivity contribution in [3.8, 4) is 6.07 Å². The van der Waals surface area contributed by atoms with Gasteiger partial charge in [-0.15, -0.1) is 0 Å². The number of aromatic nitrogens is 1. The molecule has 1 atom stereocenters. The molecule has 1 N–H and O–H groups in total. The molecule has 19 heavy (non-hydrogen) atoms. The summed E-state index contributed by atoms with van der Waals surface area (Å²) in [6.07, 6.45) is -3.31. The molecule has 0 saturated carbocycles. The molecule has 1 rings (SSSR count). The van der Waals surface area contributed by atoms with Gasteiger partial charge in [0.1, 0.15) is 11.1 Å². The Morgan fingerprint density at radius 1 is 1.47 bits per heavy atom. The maximum atomic E-state index is 12.3. The van der Waals surface area contributed by atoms with E-state index in [-0.39, 0.29) is 5.69 Å². The molecule has 0 aliphatic heterocycles. The molecule has 1 amide bonds. The summed E-state index contributed by atoms with van der Waals surface area (Å²) in [5.74, 6) is -0.570. The van der Waals surface area contributed by atoms with Crippen molar-refractivity contribution in [2.24, 2.45) is 5.41 Å². The zero-order chi connectivity index (χ0) is 14.7. The van der Waals surface area contributed by atoms with Crippen molar-refractivity contribution < 1.29 is 18.0 Å². The van der Waals surface area contributed by atoms with Gasteiger partial charge in [-0.2, -0.15) is 18.4 Å². The fourth-order valence-corrected chi connectivity index (χ4v) is 1.19. The van der Waals surface area contributed by atoms with Gasteiger partial charge in [-0.05, 0) is 25.5 Å². The fourth-order valence-electron chi connectivity index (χ4n) is 1.19. The summed E-state index contributed by atoms with van der Waals surface area (Å²) < 4.78 is 36.9. The van der Waals surface area contributed by atoms with Gasteiger partial charge in [-0.3, -0.25) is 4.79 Å². The lowest BCUT2D eigenvalue weighted by Crippen LogP contribution is -2.31. The summed E-state index contributed by atoms with van der Waals surface area (Å²) in [5.41, 5.74) is -2.14. The molecular formula is C12H12F3N3O. The standard InChI is InChI=1S/C12H12F3N3O/c1-3-11(2,7-16)10(19)18-8-4-5-9(17-6-8)12(13,14)15/h4-6H,3H2,1-2H3,(H,18,19). The normalized spacial score (nSPS) is 14.3. The number of pyridine rings is 1. The van der Waals surface area contributed by atoms with Crippen LogP contribution < -0.4 is 5.32 Å². The highest BCUT2D eigenvalue weighted by molar-refractivity contribution is 5.96. The number of hydrogen-bond donors (Lipinski definition) is 1. The predicted molar refractivity (Wildman–Crippen MR) is 61.9 cm³/mol. The summed E-state index contributed by atoms with van der Waals surface area (Å²) in [7, 11) is 0. The predicted octanol–water partition coefficient (Wildman–Crippen LogP) is 2.98. The van der Waals surface area contributed by atoms with Gasteiger partial charge in [0, 0.05) is 0 Å². The van der Waals surface area contributed by atoms with Crippen molar-refractivity contribution in [1.82, 2.24) is 4.98 Å². The van der Waals surface area contributed by atoms with E-state index in [1.807, 2.05) is 6.07 Å². The van der Waals surface area contributed by atoms with Crippen molar-refractivity contribution >= 4 is 11.6 Å². The number of alkyl halides is 3. The van der Waals surface area contributed by atoms with E-state index < -0.39 is 23.2 Å². The average molecular weight is 271 g/mol. The lowest BCUT2D eigenvalue weighted by atomic mass is 9.88. The Balaban J connectivity index is 2.85. The van der Waals surface area contributed by atoms with Crippen LogP contribution in [-0.2, 0) is 11.0 Å². The largest absolute Gasteiger partial charge is 0.433 e. The van der Waals surface area contributed by atoms with Gasteiger partial charge in [0.2, 0.25) is 5.91 Å². The summed E-state index contributed by atoms with van der Waals surface area (Å²) in [5, 5.41) is 11.3. The van der Waals surface area contributed by atoms with Gasteiger partial charge < -0.3 is 5.32 Å². The third-order valence-electron chi connectivity index (χ3n) is 2.77. The van der Waals surface area contributed by atoms with Crippen LogP contribution in [0.5, 0.6) is 0 Å². The number of nitrogens with one attached hydrogen (secondary N) is 1. The molecule has 1 aromatic heterocycles. The molecule has 0 radical (unpaired) electrons. The minimum atomic E-state index is -4.52. The first-order valence-corrected chi connectivity index (χ1v) is 5.49. The monoisotopic (exact) mass is 271 g/mol. The van der Waals surface area contributed by atoms with E-state index in [9.17, 15) is 18.0 Å². The van der Waals surface area contributed by atoms with Crippen LogP contribution in [0.3, 0.4) is 0 Å². The summed E-state index contributed by atoms with van der Waals surface area (Å²) >= 11 is 0. The highest BCUT2D eigenvalue weighted by Crippen LogP contribution is 2.28. The van der Waals surface area contributed by atoms with Crippen LogP contribution >= 0.6 is 0 Å². The molecule has 0 fully saturated rings. The Bertz CT molecular complexity index is 504. The van der Waals surface area contributed by atoms with E-state index in [1.165, 1.54) is 6.92 Å². The summed E-state index contributed by atoms with van der Waals surface area (Å²) in [6.45, 7) is 3.13. The van der Waals surface area contributed by atoms with Gasteiger partial charge in [-0.1, -0.05) is 6.92 Å². The molecule has 0 spiro atoms. The van der Waals surface area contributed by atoms with E-state index >= 15 is 0 Å². The topological polar surface area (TPSA) is 65.8 Å². The first-order chi connectivity index (χ1) is 8.73. The van der Waals surface area contributed by atoms with Gasteiger partial charge in [0.15, 0.2) is 0 Å². The van der Waals surface area contributed by atoms with Gasteiger partial charge >= 0.3 is 6.18 Å². The third-order valence-corrected chi connectivity index (χ3v) is 2.77. The molecule has 0 aromatic carbocycles. The van der Waals surface area contributed by atoms with Crippen LogP contribution in [0, 0.1) is 16.7 Å². The van der Waals surface area contributed by atoms with Crippen molar-refractivity contribution in [3.63, 3.8) is 0 Å². The molecule has 102 valence electrons.